The zero-order valence-electron chi connectivity index (χ0n) is 8.06. The van der Waals surface area contributed by atoms with E-state index in [1.165, 1.54) is 12.1 Å². The van der Waals surface area contributed by atoms with Crippen molar-refractivity contribution in [1.82, 2.24) is 5.32 Å². The Morgan fingerprint density at radius 1 is 1.60 bits per heavy atom. The Morgan fingerprint density at radius 2 is 2.27 bits per heavy atom. The monoisotopic (exact) mass is 337 g/mol. The van der Waals surface area contributed by atoms with E-state index in [2.05, 4.69) is 37.2 Å². The van der Waals surface area contributed by atoms with E-state index in [1.54, 1.807) is 6.07 Å². The maximum Gasteiger partial charge on any atom is 0.252 e. The van der Waals surface area contributed by atoms with Crippen LogP contribution in [-0.4, -0.2) is 17.3 Å². The van der Waals surface area contributed by atoms with Gasteiger partial charge in [-0.3, -0.25) is 4.79 Å². The van der Waals surface area contributed by atoms with Crippen LogP contribution in [0.15, 0.2) is 22.7 Å². The van der Waals surface area contributed by atoms with Gasteiger partial charge in [-0.25, -0.2) is 4.39 Å². The molecule has 82 valence electrons. The highest BCUT2D eigenvalue weighted by atomic mass is 79.9. The summed E-state index contributed by atoms with van der Waals surface area (Å²) >= 11 is 6.35. The van der Waals surface area contributed by atoms with Crippen molar-refractivity contribution in [3.05, 3.63) is 34.1 Å². The summed E-state index contributed by atoms with van der Waals surface area (Å²) in [4.78, 5) is 11.8. The van der Waals surface area contributed by atoms with Crippen LogP contribution >= 0.6 is 31.9 Å². The number of nitrogens with one attached hydrogen (secondary N) is 1. The van der Waals surface area contributed by atoms with E-state index in [9.17, 15) is 9.18 Å². The van der Waals surface area contributed by atoms with Crippen LogP contribution in [0.1, 0.15) is 17.3 Å². The van der Waals surface area contributed by atoms with Gasteiger partial charge in [0, 0.05) is 11.4 Å². The summed E-state index contributed by atoms with van der Waals surface area (Å²) in [6.45, 7) is 2.42. The highest BCUT2D eigenvalue weighted by Crippen LogP contribution is 2.20. The Labute approximate surface area is 105 Å². The van der Waals surface area contributed by atoms with E-state index in [-0.39, 0.29) is 15.2 Å². The molecule has 0 aromatic heterocycles. The standard InChI is InChI=1S/C10H10Br2FNO/c1-6(11)5-14-10(15)7-3-2-4-8(13)9(7)12/h2-4,6H,5H2,1H3,(H,14,15). The lowest BCUT2D eigenvalue weighted by Gasteiger charge is -2.08. The summed E-state index contributed by atoms with van der Waals surface area (Å²) in [5, 5.41) is 2.68. The van der Waals surface area contributed by atoms with Crippen LogP contribution in [0.4, 0.5) is 4.39 Å². The zero-order chi connectivity index (χ0) is 11.4. The van der Waals surface area contributed by atoms with E-state index in [0.29, 0.717) is 12.1 Å². The lowest BCUT2D eigenvalue weighted by atomic mass is 10.2. The van der Waals surface area contributed by atoms with Gasteiger partial charge in [-0.05, 0) is 28.1 Å². The predicted molar refractivity (Wildman–Crippen MR) is 64.8 cm³/mol. The van der Waals surface area contributed by atoms with Crippen LogP contribution in [0.2, 0.25) is 0 Å². The molecule has 1 aromatic carbocycles. The van der Waals surface area contributed by atoms with Crippen molar-refractivity contribution in [3.8, 4) is 0 Å². The maximum atomic E-state index is 13.1. The Morgan fingerprint density at radius 3 is 2.87 bits per heavy atom. The first-order chi connectivity index (χ1) is 7.02. The minimum absolute atomic E-state index is 0.189. The van der Waals surface area contributed by atoms with Gasteiger partial charge in [0.25, 0.3) is 5.91 Å². The molecule has 1 rings (SSSR count). The molecule has 0 fully saturated rings. The van der Waals surface area contributed by atoms with Gasteiger partial charge in [0.1, 0.15) is 5.82 Å². The van der Waals surface area contributed by atoms with Crippen LogP contribution in [0.5, 0.6) is 0 Å². The number of amides is 1. The molecule has 1 N–H and O–H groups in total. The van der Waals surface area contributed by atoms with Gasteiger partial charge < -0.3 is 5.32 Å². The van der Waals surface area contributed by atoms with Gasteiger partial charge in [0.15, 0.2) is 0 Å². The quantitative estimate of drug-likeness (QED) is 0.843. The van der Waals surface area contributed by atoms with Gasteiger partial charge in [0.2, 0.25) is 0 Å². The number of carbonyl (C=O) groups excluding carboxylic acids is 1. The maximum absolute atomic E-state index is 13.1. The van der Waals surface area contributed by atoms with Gasteiger partial charge in [-0.2, -0.15) is 0 Å². The second kappa shape index (κ2) is 5.61. The summed E-state index contributed by atoms with van der Waals surface area (Å²) in [5.41, 5.74) is 0.308. The average molecular weight is 339 g/mol. The van der Waals surface area contributed by atoms with Crippen LogP contribution in [0, 0.1) is 5.82 Å². The topological polar surface area (TPSA) is 29.1 Å². The number of rotatable bonds is 3. The van der Waals surface area contributed by atoms with Crippen molar-refractivity contribution in [1.29, 1.82) is 0 Å². The normalized spacial score (nSPS) is 12.3. The number of hydrogen-bond donors (Lipinski definition) is 1. The molecule has 1 aromatic rings. The fraction of sp³-hybridized carbons (Fsp3) is 0.300. The fourth-order valence-corrected chi connectivity index (χ4v) is 1.61. The number of hydrogen-bond acceptors (Lipinski definition) is 1. The van der Waals surface area contributed by atoms with Crippen molar-refractivity contribution < 1.29 is 9.18 Å². The average Bonchev–Trinajstić information content (AvgIpc) is 2.18. The second-order valence-corrected chi connectivity index (χ2v) is 5.45. The number of alkyl halides is 1. The fourth-order valence-electron chi connectivity index (χ4n) is 1.01. The number of carbonyl (C=O) groups is 1. The molecule has 0 bridgehead atoms. The minimum Gasteiger partial charge on any atom is -0.351 e. The van der Waals surface area contributed by atoms with E-state index in [1.807, 2.05) is 6.92 Å². The lowest BCUT2D eigenvalue weighted by molar-refractivity contribution is 0.0953. The molecule has 1 amide bonds. The van der Waals surface area contributed by atoms with Gasteiger partial charge in [-0.15, -0.1) is 0 Å². The van der Waals surface area contributed by atoms with Crippen LogP contribution < -0.4 is 5.32 Å². The van der Waals surface area contributed by atoms with Gasteiger partial charge in [-0.1, -0.05) is 28.9 Å². The third-order valence-electron chi connectivity index (χ3n) is 1.74. The summed E-state index contributed by atoms with van der Waals surface area (Å²) < 4.78 is 13.3. The van der Waals surface area contributed by atoms with Gasteiger partial charge >= 0.3 is 0 Å². The van der Waals surface area contributed by atoms with Crippen LogP contribution in [0.25, 0.3) is 0 Å². The first-order valence-electron chi connectivity index (χ1n) is 4.38. The van der Waals surface area contributed by atoms with Crippen molar-refractivity contribution in [2.45, 2.75) is 11.8 Å². The molecule has 1 unspecified atom stereocenters. The Balaban J connectivity index is 2.78. The zero-order valence-corrected chi connectivity index (χ0v) is 11.2. The Bertz CT molecular complexity index is 368. The van der Waals surface area contributed by atoms with E-state index in [4.69, 9.17) is 0 Å². The van der Waals surface area contributed by atoms with Crippen molar-refractivity contribution in [2.24, 2.45) is 0 Å². The molecule has 0 aliphatic rings. The molecule has 2 nitrogen and oxygen atoms in total. The molecule has 5 heteroatoms. The molecular formula is C10H10Br2FNO. The smallest absolute Gasteiger partial charge is 0.252 e. The lowest BCUT2D eigenvalue weighted by Crippen LogP contribution is -2.28. The summed E-state index contributed by atoms with van der Waals surface area (Å²) in [6, 6.07) is 4.38. The highest BCUT2D eigenvalue weighted by molar-refractivity contribution is 9.10. The Kier molecular flexibility index (Phi) is 4.73. The molecule has 0 saturated carbocycles. The van der Waals surface area contributed by atoms with E-state index >= 15 is 0 Å². The summed E-state index contributed by atoms with van der Waals surface area (Å²) in [6.07, 6.45) is 0. The van der Waals surface area contributed by atoms with E-state index < -0.39 is 5.82 Å². The third-order valence-corrected chi connectivity index (χ3v) is 2.87. The first kappa shape index (κ1) is 12.6. The van der Waals surface area contributed by atoms with Crippen LogP contribution in [-0.2, 0) is 0 Å². The van der Waals surface area contributed by atoms with Crippen LogP contribution in [0.3, 0.4) is 0 Å². The summed E-state index contributed by atoms with van der Waals surface area (Å²) in [5.74, 6) is -0.720. The van der Waals surface area contributed by atoms with Crippen molar-refractivity contribution in [2.75, 3.05) is 6.54 Å². The molecule has 0 heterocycles. The molecule has 0 spiro atoms. The molecule has 1 atom stereocenters. The van der Waals surface area contributed by atoms with Crippen molar-refractivity contribution >= 4 is 37.8 Å². The third kappa shape index (κ3) is 3.57. The molecular weight excluding hydrogens is 329 g/mol. The largest absolute Gasteiger partial charge is 0.351 e. The number of benzene rings is 1. The SMILES string of the molecule is CC(Br)CNC(=O)c1cccc(F)c1Br. The second-order valence-electron chi connectivity index (χ2n) is 3.09. The highest BCUT2D eigenvalue weighted by Gasteiger charge is 2.12. The summed E-state index contributed by atoms with van der Waals surface area (Å²) in [7, 11) is 0. The van der Waals surface area contributed by atoms with E-state index in [0.717, 1.165) is 0 Å². The molecule has 0 radical (unpaired) electrons. The molecule has 0 aliphatic carbocycles. The van der Waals surface area contributed by atoms with Gasteiger partial charge in [0.05, 0.1) is 10.0 Å². The first-order valence-corrected chi connectivity index (χ1v) is 6.09. The van der Waals surface area contributed by atoms with Crippen molar-refractivity contribution in [3.63, 3.8) is 0 Å². The number of halogens is 3. The predicted octanol–water partition coefficient (Wildman–Crippen LogP) is 3.10. The molecule has 0 aliphatic heterocycles. The molecule has 0 saturated heterocycles. The Hall–Kier alpha value is -0.420. The molecule has 15 heavy (non-hydrogen) atoms. The minimum atomic E-state index is -0.436.